The Hall–Kier alpha value is -0.570. The summed E-state index contributed by atoms with van der Waals surface area (Å²) in [5.74, 6) is 0.589. The molecule has 106 valence electrons. The van der Waals surface area contributed by atoms with Crippen LogP contribution in [0.1, 0.15) is 53.4 Å². The van der Waals surface area contributed by atoms with Gasteiger partial charge in [-0.25, -0.2) is 0 Å². The van der Waals surface area contributed by atoms with E-state index in [1.165, 1.54) is 12.8 Å². The van der Waals surface area contributed by atoms with Gasteiger partial charge < -0.3 is 5.11 Å². The molecule has 1 N–H and O–H groups in total. The van der Waals surface area contributed by atoms with Gasteiger partial charge in [0.05, 0.1) is 5.92 Å². The summed E-state index contributed by atoms with van der Waals surface area (Å²) in [5.41, 5.74) is 0. The van der Waals surface area contributed by atoms with Crippen LogP contribution < -0.4 is 0 Å². The highest BCUT2D eigenvalue weighted by Crippen LogP contribution is 2.25. The lowest BCUT2D eigenvalue weighted by atomic mass is 9.90. The Morgan fingerprint density at radius 2 is 1.78 bits per heavy atom. The van der Waals surface area contributed by atoms with Gasteiger partial charge in [-0.1, -0.05) is 27.7 Å². The summed E-state index contributed by atoms with van der Waals surface area (Å²) in [5, 5.41) is 9.17. The molecule has 0 spiro atoms. The number of hydrogen-bond acceptors (Lipinski definition) is 2. The van der Waals surface area contributed by atoms with Crippen LogP contribution in [0.15, 0.2) is 0 Å². The van der Waals surface area contributed by atoms with Gasteiger partial charge in [-0.3, -0.25) is 9.69 Å². The zero-order chi connectivity index (χ0) is 13.7. The average molecular weight is 255 g/mol. The Bertz CT molecular complexity index is 253. The van der Waals surface area contributed by atoms with Crippen LogP contribution in [0.25, 0.3) is 0 Å². The third-order valence-corrected chi connectivity index (χ3v) is 3.81. The Morgan fingerprint density at radius 3 is 2.22 bits per heavy atom. The van der Waals surface area contributed by atoms with E-state index >= 15 is 0 Å². The minimum Gasteiger partial charge on any atom is -0.481 e. The Morgan fingerprint density at radius 1 is 1.22 bits per heavy atom. The fraction of sp³-hybridized carbons (Fsp3) is 0.933. The molecule has 18 heavy (non-hydrogen) atoms. The quantitative estimate of drug-likeness (QED) is 0.792. The van der Waals surface area contributed by atoms with Crippen molar-refractivity contribution >= 4 is 5.97 Å². The first-order valence-corrected chi connectivity index (χ1v) is 7.37. The highest BCUT2D eigenvalue weighted by molar-refractivity contribution is 5.70. The number of rotatable bonds is 6. The molecule has 0 saturated carbocycles. The highest BCUT2D eigenvalue weighted by atomic mass is 16.4. The topological polar surface area (TPSA) is 40.5 Å². The summed E-state index contributed by atoms with van der Waals surface area (Å²) in [6, 6.07) is 0.562. The van der Waals surface area contributed by atoms with Crippen LogP contribution >= 0.6 is 0 Å². The zero-order valence-corrected chi connectivity index (χ0v) is 12.4. The number of likely N-dealkylation sites (tertiary alicyclic amines) is 1. The fourth-order valence-corrected chi connectivity index (χ4v) is 3.02. The molecule has 3 heteroatoms. The molecule has 1 saturated heterocycles. The summed E-state index contributed by atoms with van der Waals surface area (Å²) in [4.78, 5) is 13.6. The SMILES string of the molecule is CC(C)CC(CC(C)C)N1CCCC(C(=O)O)C1. The van der Waals surface area contributed by atoms with E-state index in [1.54, 1.807) is 0 Å². The first kappa shape index (κ1) is 15.5. The van der Waals surface area contributed by atoms with Crippen LogP contribution in [-0.4, -0.2) is 35.1 Å². The van der Waals surface area contributed by atoms with Gasteiger partial charge in [0, 0.05) is 12.6 Å². The molecule has 0 radical (unpaired) electrons. The highest BCUT2D eigenvalue weighted by Gasteiger charge is 2.30. The maximum atomic E-state index is 11.1. The third kappa shape index (κ3) is 4.97. The molecular formula is C15H29NO2. The third-order valence-electron chi connectivity index (χ3n) is 3.81. The van der Waals surface area contributed by atoms with Crippen LogP contribution in [0.5, 0.6) is 0 Å². The Balaban J connectivity index is 2.62. The van der Waals surface area contributed by atoms with Gasteiger partial charge in [0.25, 0.3) is 0 Å². The van der Waals surface area contributed by atoms with Gasteiger partial charge >= 0.3 is 5.97 Å². The van der Waals surface area contributed by atoms with Crippen LogP contribution in [0.3, 0.4) is 0 Å². The average Bonchev–Trinajstić information content (AvgIpc) is 2.27. The standard InChI is InChI=1S/C15H29NO2/c1-11(2)8-14(9-12(3)4)16-7-5-6-13(10-16)15(17)18/h11-14H,5-10H2,1-4H3,(H,17,18). The fourth-order valence-electron chi connectivity index (χ4n) is 3.02. The molecule has 1 aliphatic heterocycles. The minimum absolute atomic E-state index is 0.152. The molecular weight excluding hydrogens is 226 g/mol. The van der Waals surface area contributed by atoms with Crippen LogP contribution in [0.2, 0.25) is 0 Å². The predicted octanol–water partition coefficient (Wildman–Crippen LogP) is 3.24. The largest absolute Gasteiger partial charge is 0.481 e. The number of aliphatic carboxylic acids is 1. The number of carboxylic acid groups (broad SMARTS) is 1. The van der Waals surface area contributed by atoms with E-state index in [9.17, 15) is 9.90 Å². The number of hydrogen-bond donors (Lipinski definition) is 1. The van der Waals surface area contributed by atoms with Crippen LogP contribution in [-0.2, 0) is 4.79 Å². The second-order valence-corrected chi connectivity index (χ2v) is 6.59. The van der Waals surface area contributed by atoms with Gasteiger partial charge in [0.1, 0.15) is 0 Å². The lowest BCUT2D eigenvalue weighted by Crippen LogP contribution is -2.45. The van der Waals surface area contributed by atoms with Crippen molar-refractivity contribution in [3.05, 3.63) is 0 Å². The molecule has 0 aromatic rings. The molecule has 3 nitrogen and oxygen atoms in total. The van der Waals surface area contributed by atoms with Crippen molar-refractivity contribution in [2.24, 2.45) is 17.8 Å². The molecule has 0 bridgehead atoms. The monoisotopic (exact) mass is 255 g/mol. The van der Waals surface area contributed by atoms with Gasteiger partial charge in [0.15, 0.2) is 0 Å². The van der Waals surface area contributed by atoms with Crippen molar-refractivity contribution in [2.75, 3.05) is 13.1 Å². The molecule has 1 unspecified atom stereocenters. The smallest absolute Gasteiger partial charge is 0.307 e. The van der Waals surface area contributed by atoms with E-state index in [2.05, 4.69) is 32.6 Å². The normalized spacial score (nSPS) is 22.1. The summed E-state index contributed by atoms with van der Waals surface area (Å²) >= 11 is 0. The number of carbonyl (C=O) groups is 1. The molecule has 1 rings (SSSR count). The lowest BCUT2D eigenvalue weighted by molar-refractivity contribution is -0.144. The van der Waals surface area contributed by atoms with Gasteiger partial charge in [-0.15, -0.1) is 0 Å². The van der Waals surface area contributed by atoms with Gasteiger partial charge in [0.2, 0.25) is 0 Å². The lowest BCUT2D eigenvalue weighted by Gasteiger charge is -2.38. The van der Waals surface area contributed by atoms with Crippen molar-refractivity contribution in [1.82, 2.24) is 4.90 Å². The van der Waals surface area contributed by atoms with E-state index in [4.69, 9.17) is 0 Å². The van der Waals surface area contributed by atoms with Crippen LogP contribution in [0.4, 0.5) is 0 Å². The Kier molecular flexibility index (Phi) is 6.13. The van der Waals surface area contributed by atoms with Crippen molar-refractivity contribution in [3.8, 4) is 0 Å². The van der Waals surface area contributed by atoms with Gasteiger partial charge in [-0.05, 0) is 44.1 Å². The van der Waals surface area contributed by atoms with Crippen molar-refractivity contribution in [1.29, 1.82) is 0 Å². The number of piperidine rings is 1. The maximum Gasteiger partial charge on any atom is 0.307 e. The van der Waals surface area contributed by atoms with E-state index < -0.39 is 5.97 Å². The van der Waals surface area contributed by atoms with Gasteiger partial charge in [-0.2, -0.15) is 0 Å². The molecule has 0 aromatic carbocycles. The second-order valence-electron chi connectivity index (χ2n) is 6.59. The van der Waals surface area contributed by atoms with E-state index in [0.29, 0.717) is 17.9 Å². The van der Waals surface area contributed by atoms with E-state index in [1.807, 2.05) is 0 Å². The van der Waals surface area contributed by atoms with Crippen LogP contribution in [0, 0.1) is 17.8 Å². The van der Waals surface area contributed by atoms with Crippen molar-refractivity contribution < 1.29 is 9.90 Å². The summed E-state index contributed by atoms with van der Waals surface area (Å²) in [6.07, 6.45) is 4.25. The Labute approximate surface area is 112 Å². The van der Waals surface area contributed by atoms with Crippen molar-refractivity contribution in [3.63, 3.8) is 0 Å². The van der Waals surface area contributed by atoms with Crippen molar-refractivity contribution in [2.45, 2.75) is 59.4 Å². The molecule has 0 aliphatic carbocycles. The van der Waals surface area contributed by atoms with E-state index in [0.717, 1.165) is 25.9 Å². The predicted molar refractivity (Wildman–Crippen MR) is 74.6 cm³/mol. The maximum absolute atomic E-state index is 11.1. The summed E-state index contributed by atoms with van der Waals surface area (Å²) in [6.45, 7) is 10.9. The summed E-state index contributed by atoms with van der Waals surface area (Å²) < 4.78 is 0. The first-order valence-electron chi connectivity index (χ1n) is 7.37. The molecule has 1 heterocycles. The molecule has 1 atom stereocenters. The number of carboxylic acids is 1. The minimum atomic E-state index is -0.618. The molecule has 0 aromatic heterocycles. The second kappa shape index (κ2) is 7.13. The molecule has 0 amide bonds. The van der Waals surface area contributed by atoms with E-state index in [-0.39, 0.29) is 5.92 Å². The molecule has 1 fully saturated rings. The molecule has 1 aliphatic rings. The number of nitrogens with zero attached hydrogens (tertiary/aromatic N) is 1. The summed E-state index contributed by atoms with van der Waals surface area (Å²) in [7, 11) is 0. The zero-order valence-electron chi connectivity index (χ0n) is 12.4. The first-order chi connectivity index (χ1) is 8.40.